The second-order valence-electron chi connectivity index (χ2n) is 26.6. The van der Waals surface area contributed by atoms with Gasteiger partial charge in [0.05, 0.1) is 0 Å². The molecule has 0 N–H and O–H groups in total. The van der Waals surface area contributed by atoms with E-state index in [0.717, 1.165) is 89.8 Å². The van der Waals surface area contributed by atoms with Crippen LogP contribution in [0.5, 0.6) is 0 Å². The maximum absolute atomic E-state index is 2.52. The van der Waals surface area contributed by atoms with Crippen LogP contribution >= 0.6 is 0 Å². The Morgan fingerprint density at radius 3 is 0.702 bits per heavy atom. The SMILES string of the molecule is [CH3][Ge]([CH3])([CH3])[c]1ccc(N(c2ccc(N(c3ccc(-c4ccccc4)cc3)c3cccc4ccccc34)cc2)c2c3ccccc3c(N(c3ccc(N(c4ccc(-c5ccccc5)cc4)c4cccc5ccccc45)cc3)c3cc[c]([Ge]([CH3])([CH3])[CH3])cc3)c3ccccc23)cc1. The third-order valence-electron chi connectivity index (χ3n) is 18.5. The van der Waals surface area contributed by atoms with E-state index in [1.807, 2.05) is 0 Å². The summed E-state index contributed by atoms with van der Waals surface area (Å²) in [4.78, 5) is 9.87. The summed E-state index contributed by atoms with van der Waals surface area (Å²) in [6.45, 7) is 0. The Balaban J connectivity index is 0.905. The molecular formula is C88H74Ge2N4. The molecule has 0 aliphatic heterocycles. The van der Waals surface area contributed by atoms with Gasteiger partial charge in [0.25, 0.3) is 0 Å². The molecule has 0 aliphatic rings. The minimum atomic E-state index is -2.23. The van der Waals surface area contributed by atoms with Gasteiger partial charge in [-0.05, 0) is 33.0 Å². The van der Waals surface area contributed by atoms with E-state index in [-0.39, 0.29) is 0 Å². The monoisotopic (exact) mass is 1330 g/mol. The molecule has 0 aromatic heterocycles. The fraction of sp³-hybridized carbons (Fsp3) is 0.0682. The summed E-state index contributed by atoms with van der Waals surface area (Å²) in [6, 6.07) is 126. The fourth-order valence-corrected chi connectivity index (χ4v) is 18.5. The van der Waals surface area contributed by atoms with Crippen LogP contribution in [0.4, 0.5) is 68.2 Å². The normalized spacial score (nSPS) is 11.7. The molecular weight excluding hydrogens is 1260 g/mol. The predicted octanol–water partition coefficient (Wildman–Crippen LogP) is 24.6. The van der Waals surface area contributed by atoms with Gasteiger partial charge in [-0.15, -0.1) is 0 Å². The molecule has 0 atom stereocenters. The molecule has 6 heteroatoms. The summed E-state index contributed by atoms with van der Waals surface area (Å²) < 4.78 is 2.94. The van der Waals surface area contributed by atoms with Crippen LogP contribution in [-0.4, -0.2) is 26.5 Å². The third kappa shape index (κ3) is 11.6. The first-order chi connectivity index (χ1) is 45.9. The number of anilines is 12. The molecule has 0 amide bonds. The maximum atomic E-state index is 2.52. The van der Waals surface area contributed by atoms with Gasteiger partial charge in [0, 0.05) is 0 Å². The van der Waals surface area contributed by atoms with Crippen LogP contribution in [0.25, 0.3) is 65.3 Å². The number of benzene rings is 15. The first-order valence-electron chi connectivity index (χ1n) is 32.7. The molecule has 15 rings (SSSR count). The van der Waals surface area contributed by atoms with Gasteiger partial charge >= 0.3 is 372 Å². The van der Waals surface area contributed by atoms with Gasteiger partial charge in [-0.25, -0.2) is 0 Å². The van der Waals surface area contributed by atoms with Crippen LogP contribution in [0, 0.1) is 0 Å². The Morgan fingerprint density at radius 2 is 0.404 bits per heavy atom. The van der Waals surface area contributed by atoms with Crippen LogP contribution in [0.3, 0.4) is 0 Å². The second-order valence-corrected chi connectivity index (χ2v) is 47.9. The summed E-state index contributed by atoms with van der Waals surface area (Å²) in [7, 11) is 0. The molecule has 0 aliphatic carbocycles. The van der Waals surface area contributed by atoms with Crippen molar-refractivity contribution in [2.75, 3.05) is 19.6 Å². The molecule has 0 spiro atoms. The van der Waals surface area contributed by atoms with Gasteiger partial charge < -0.3 is 0 Å². The number of nitrogens with zero attached hydrogens (tertiary/aromatic N) is 4. The first kappa shape index (κ1) is 59.9. The Bertz CT molecular complexity index is 4780. The van der Waals surface area contributed by atoms with E-state index in [0.29, 0.717) is 0 Å². The molecule has 15 aromatic rings. The van der Waals surface area contributed by atoms with Crippen molar-refractivity contribution >= 4 is 147 Å². The molecule has 0 fully saturated rings. The van der Waals surface area contributed by atoms with Crippen molar-refractivity contribution in [3.05, 3.63) is 340 Å². The second kappa shape index (κ2) is 25.3. The number of rotatable bonds is 16. The van der Waals surface area contributed by atoms with Crippen molar-refractivity contribution in [3.63, 3.8) is 0 Å². The van der Waals surface area contributed by atoms with Gasteiger partial charge in [0.2, 0.25) is 0 Å². The standard InChI is InChI=1S/C88H74Ge2N4/c1-89(2,3)69-43-51-75(52-44-69)93(77-59-55-73(56-60-77)91(85-37-21-29-67-27-13-15-31-79(67)85)71-47-39-65(40-48-71)63-23-9-7-10-24-63)87-81-33-17-19-35-83(81)88(84-36-20-18-34-82(84)87)94(76-53-45-70(46-54-76)90(4,5)6)78-61-57-74(58-62-78)92(86-38-22-30-68-28-14-16-32-80(68)86)72-49-41-66(42-50-72)64-25-11-8-12-26-64/h7-62H,1-6H3. The summed E-state index contributed by atoms with van der Waals surface area (Å²) >= 11 is -4.47. The van der Waals surface area contributed by atoms with Crippen molar-refractivity contribution in [2.24, 2.45) is 0 Å². The summed E-state index contributed by atoms with van der Waals surface area (Å²) in [5, 5.41) is 9.38. The topological polar surface area (TPSA) is 13.0 Å². The van der Waals surface area contributed by atoms with Crippen molar-refractivity contribution in [2.45, 2.75) is 34.5 Å². The van der Waals surface area contributed by atoms with E-state index < -0.39 is 26.5 Å². The van der Waals surface area contributed by atoms with Gasteiger partial charge in [-0.1, -0.05) is 158 Å². The van der Waals surface area contributed by atoms with E-state index in [2.05, 4.69) is 394 Å². The van der Waals surface area contributed by atoms with Crippen LogP contribution in [-0.2, 0) is 0 Å². The van der Waals surface area contributed by atoms with E-state index in [1.165, 1.54) is 52.6 Å². The molecule has 0 bridgehead atoms. The Kier molecular flexibility index (Phi) is 16.1. The molecule has 94 heavy (non-hydrogen) atoms. The molecule has 0 heterocycles. The van der Waals surface area contributed by atoms with E-state index >= 15 is 0 Å². The average Bonchev–Trinajstić information content (AvgIpc) is 0.778. The van der Waals surface area contributed by atoms with Gasteiger partial charge in [-0.2, -0.15) is 0 Å². The molecule has 0 unspecified atom stereocenters. The fourth-order valence-electron chi connectivity index (χ4n) is 13.6. The van der Waals surface area contributed by atoms with Crippen LogP contribution in [0.2, 0.25) is 34.5 Å². The Hall–Kier alpha value is -10.4. The predicted molar refractivity (Wildman–Crippen MR) is 412 cm³/mol. The summed E-state index contributed by atoms with van der Waals surface area (Å²) in [5.74, 6) is 14.9. The van der Waals surface area contributed by atoms with Crippen molar-refractivity contribution in [3.8, 4) is 22.3 Å². The number of fused-ring (bicyclic) bond motifs is 4. The summed E-state index contributed by atoms with van der Waals surface area (Å²) in [6.07, 6.45) is 0. The van der Waals surface area contributed by atoms with E-state index in [4.69, 9.17) is 0 Å². The molecule has 0 radical (unpaired) electrons. The quantitative estimate of drug-likeness (QED) is 0.0543. The van der Waals surface area contributed by atoms with Crippen molar-refractivity contribution in [1.82, 2.24) is 0 Å². The number of hydrogen-bond acceptors (Lipinski definition) is 4. The van der Waals surface area contributed by atoms with Crippen LogP contribution < -0.4 is 28.4 Å². The average molecular weight is 1330 g/mol. The molecule has 0 saturated carbocycles. The third-order valence-corrected chi connectivity index (χ3v) is 27.2. The minimum absolute atomic E-state index is 1.07. The van der Waals surface area contributed by atoms with Gasteiger partial charge in [-0.3, -0.25) is 0 Å². The van der Waals surface area contributed by atoms with E-state index in [1.54, 1.807) is 0 Å². The van der Waals surface area contributed by atoms with Crippen LogP contribution in [0.15, 0.2) is 340 Å². The van der Waals surface area contributed by atoms with Gasteiger partial charge in [0.15, 0.2) is 0 Å². The van der Waals surface area contributed by atoms with E-state index in [9.17, 15) is 0 Å². The molecule has 0 saturated heterocycles. The molecule has 4 nitrogen and oxygen atoms in total. The van der Waals surface area contributed by atoms with Crippen molar-refractivity contribution < 1.29 is 0 Å². The zero-order valence-corrected chi connectivity index (χ0v) is 58.3. The molecule has 454 valence electrons. The van der Waals surface area contributed by atoms with Gasteiger partial charge in [0.1, 0.15) is 0 Å². The zero-order chi connectivity index (χ0) is 63.9. The number of hydrogen-bond donors (Lipinski definition) is 0. The zero-order valence-electron chi connectivity index (χ0n) is 54.1. The van der Waals surface area contributed by atoms with Crippen molar-refractivity contribution in [1.29, 1.82) is 0 Å². The molecule has 15 aromatic carbocycles. The first-order valence-corrected chi connectivity index (χ1v) is 47.4. The Morgan fingerprint density at radius 1 is 0.181 bits per heavy atom. The van der Waals surface area contributed by atoms with Crippen LogP contribution in [0.1, 0.15) is 0 Å². The summed E-state index contributed by atoms with van der Waals surface area (Å²) in [5.41, 5.74) is 17.9. The Labute approximate surface area is 558 Å².